The summed E-state index contributed by atoms with van der Waals surface area (Å²) in [5.41, 5.74) is 1.09. The fourth-order valence-electron chi connectivity index (χ4n) is 4.84. The molecule has 1 aliphatic heterocycles. The Morgan fingerprint density at radius 2 is 1.93 bits per heavy atom. The number of aliphatic hydroxyl groups is 2. The van der Waals surface area contributed by atoms with Crippen LogP contribution in [0.4, 0.5) is 5.69 Å². The Kier molecular flexibility index (Phi) is 7.24. The molecule has 1 unspecified atom stereocenters. The van der Waals surface area contributed by atoms with E-state index in [1.54, 1.807) is 0 Å². The Bertz CT molecular complexity index is 672. The molecule has 0 bridgehead atoms. The highest BCUT2D eigenvalue weighted by atomic mass is 35.5. The molecule has 0 spiro atoms. The summed E-state index contributed by atoms with van der Waals surface area (Å²) in [6, 6.07) is 5.20. The normalized spacial score (nSPS) is 23.0. The number of benzene rings is 1. The van der Waals surface area contributed by atoms with Crippen LogP contribution >= 0.6 is 11.6 Å². The summed E-state index contributed by atoms with van der Waals surface area (Å²) < 4.78 is 0. The number of amides is 1. The molecule has 2 aliphatic rings. The van der Waals surface area contributed by atoms with Gasteiger partial charge in [-0.25, -0.2) is 0 Å². The molecule has 0 radical (unpaired) electrons. The zero-order valence-electron chi connectivity index (χ0n) is 16.8. The van der Waals surface area contributed by atoms with Gasteiger partial charge in [0.05, 0.1) is 24.8 Å². The molecule has 1 saturated carbocycles. The SMILES string of the molecule is CC1(NC(=O)CCC2CCCCCC2)CN(C(CO)CO)c2cccc(Cl)c21. The molecule has 1 aromatic rings. The monoisotopic (exact) mass is 408 g/mol. The van der Waals surface area contributed by atoms with Crippen molar-refractivity contribution in [1.29, 1.82) is 0 Å². The highest BCUT2D eigenvalue weighted by molar-refractivity contribution is 6.32. The molecular weight excluding hydrogens is 376 g/mol. The van der Waals surface area contributed by atoms with Crippen molar-refractivity contribution in [2.24, 2.45) is 5.92 Å². The van der Waals surface area contributed by atoms with Crippen LogP contribution in [0.15, 0.2) is 18.2 Å². The molecule has 1 aromatic carbocycles. The molecule has 156 valence electrons. The van der Waals surface area contributed by atoms with Gasteiger partial charge in [0.1, 0.15) is 0 Å². The van der Waals surface area contributed by atoms with Crippen LogP contribution in [-0.2, 0) is 10.3 Å². The average molecular weight is 409 g/mol. The molecule has 0 saturated heterocycles. The molecule has 1 aliphatic carbocycles. The smallest absolute Gasteiger partial charge is 0.220 e. The van der Waals surface area contributed by atoms with Crippen LogP contribution in [0.5, 0.6) is 0 Å². The Morgan fingerprint density at radius 1 is 1.25 bits per heavy atom. The third kappa shape index (κ3) is 4.64. The van der Waals surface area contributed by atoms with Gasteiger partial charge in [-0.05, 0) is 31.4 Å². The van der Waals surface area contributed by atoms with Gasteiger partial charge in [0, 0.05) is 29.2 Å². The predicted octanol–water partition coefficient (Wildman–Crippen LogP) is 3.60. The number of hydrogen-bond acceptors (Lipinski definition) is 4. The van der Waals surface area contributed by atoms with Gasteiger partial charge >= 0.3 is 0 Å². The molecule has 1 fully saturated rings. The number of nitrogens with one attached hydrogen (secondary N) is 1. The van der Waals surface area contributed by atoms with E-state index >= 15 is 0 Å². The first-order valence-corrected chi connectivity index (χ1v) is 10.9. The Morgan fingerprint density at radius 3 is 2.57 bits per heavy atom. The topological polar surface area (TPSA) is 72.8 Å². The molecule has 3 N–H and O–H groups in total. The molecule has 6 heteroatoms. The van der Waals surface area contributed by atoms with Gasteiger partial charge < -0.3 is 20.4 Å². The maximum atomic E-state index is 12.8. The van der Waals surface area contributed by atoms with E-state index in [-0.39, 0.29) is 19.1 Å². The van der Waals surface area contributed by atoms with E-state index in [1.165, 1.54) is 38.5 Å². The van der Waals surface area contributed by atoms with Crippen LogP contribution in [0.2, 0.25) is 5.02 Å². The third-order valence-corrected chi connectivity index (χ3v) is 6.69. The largest absolute Gasteiger partial charge is 0.394 e. The van der Waals surface area contributed by atoms with E-state index in [2.05, 4.69) is 5.32 Å². The van der Waals surface area contributed by atoms with Crippen molar-refractivity contribution in [1.82, 2.24) is 5.32 Å². The second-order valence-electron chi connectivity index (χ2n) is 8.56. The highest BCUT2D eigenvalue weighted by Gasteiger charge is 2.43. The first-order chi connectivity index (χ1) is 13.5. The fourth-order valence-corrected chi connectivity index (χ4v) is 5.22. The number of rotatable bonds is 7. The van der Waals surface area contributed by atoms with Crippen LogP contribution in [0.3, 0.4) is 0 Å². The maximum Gasteiger partial charge on any atom is 0.220 e. The van der Waals surface area contributed by atoms with Crippen molar-refractivity contribution in [3.8, 4) is 0 Å². The van der Waals surface area contributed by atoms with E-state index in [0.29, 0.717) is 23.9 Å². The minimum absolute atomic E-state index is 0.0454. The summed E-state index contributed by atoms with van der Waals surface area (Å²) in [5.74, 6) is 0.703. The van der Waals surface area contributed by atoms with Gasteiger partial charge in [0.25, 0.3) is 0 Å². The second-order valence-corrected chi connectivity index (χ2v) is 8.96. The number of carbonyl (C=O) groups is 1. The average Bonchev–Trinajstić information content (AvgIpc) is 2.83. The number of hydrogen-bond donors (Lipinski definition) is 3. The fraction of sp³-hybridized carbons (Fsp3) is 0.682. The Labute approximate surface area is 173 Å². The molecule has 1 atom stereocenters. The van der Waals surface area contributed by atoms with Crippen molar-refractivity contribution in [3.05, 3.63) is 28.8 Å². The van der Waals surface area contributed by atoms with Crippen LogP contribution in [-0.4, -0.2) is 41.9 Å². The lowest BCUT2D eigenvalue weighted by Crippen LogP contribution is -2.50. The lowest BCUT2D eigenvalue weighted by Gasteiger charge is -2.31. The van der Waals surface area contributed by atoms with E-state index in [4.69, 9.17) is 11.6 Å². The summed E-state index contributed by atoms with van der Waals surface area (Å²) in [6.07, 6.45) is 9.16. The number of fused-ring (bicyclic) bond motifs is 1. The Balaban J connectivity index is 1.71. The number of anilines is 1. The maximum absolute atomic E-state index is 12.8. The molecule has 0 aromatic heterocycles. The van der Waals surface area contributed by atoms with Gasteiger partial charge in [-0.3, -0.25) is 4.79 Å². The van der Waals surface area contributed by atoms with Gasteiger partial charge in [0.2, 0.25) is 5.91 Å². The lowest BCUT2D eigenvalue weighted by atomic mass is 9.92. The van der Waals surface area contributed by atoms with Crippen LogP contribution in [0.1, 0.15) is 63.9 Å². The minimum atomic E-state index is -0.642. The van der Waals surface area contributed by atoms with Crippen LogP contribution in [0, 0.1) is 5.92 Å². The zero-order chi connectivity index (χ0) is 20.1. The van der Waals surface area contributed by atoms with Crippen LogP contribution in [0.25, 0.3) is 0 Å². The molecular formula is C22H33ClN2O3. The van der Waals surface area contributed by atoms with Gasteiger partial charge in [0.15, 0.2) is 0 Å². The van der Waals surface area contributed by atoms with Gasteiger partial charge in [-0.2, -0.15) is 0 Å². The van der Waals surface area contributed by atoms with Gasteiger partial charge in [-0.15, -0.1) is 0 Å². The van der Waals surface area contributed by atoms with E-state index in [0.717, 1.165) is 17.7 Å². The molecule has 28 heavy (non-hydrogen) atoms. The summed E-state index contributed by atoms with van der Waals surface area (Å²) >= 11 is 6.51. The summed E-state index contributed by atoms with van der Waals surface area (Å²) in [6.45, 7) is 2.14. The van der Waals surface area contributed by atoms with Crippen molar-refractivity contribution >= 4 is 23.2 Å². The standard InChI is InChI=1S/C22H33ClN2O3/c1-22(24-20(28)12-11-16-7-4-2-3-5-8-16)15-25(17(13-26)14-27)19-10-6-9-18(23)21(19)22/h6,9-10,16-17,26-27H,2-5,7-8,11-15H2,1H3,(H,24,28). The zero-order valence-corrected chi connectivity index (χ0v) is 17.5. The van der Waals surface area contributed by atoms with Crippen LogP contribution < -0.4 is 10.2 Å². The number of halogens is 1. The highest BCUT2D eigenvalue weighted by Crippen LogP contribution is 2.44. The van der Waals surface area contributed by atoms with E-state index in [9.17, 15) is 15.0 Å². The van der Waals surface area contributed by atoms with E-state index < -0.39 is 11.6 Å². The van der Waals surface area contributed by atoms with E-state index in [1.807, 2.05) is 30.0 Å². The number of carbonyl (C=O) groups excluding carboxylic acids is 1. The lowest BCUT2D eigenvalue weighted by molar-refractivity contribution is -0.123. The van der Waals surface area contributed by atoms with Crippen molar-refractivity contribution in [2.75, 3.05) is 24.7 Å². The Hall–Kier alpha value is -1.30. The van der Waals surface area contributed by atoms with Crippen molar-refractivity contribution < 1.29 is 15.0 Å². The molecule has 1 amide bonds. The quantitative estimate of drug-likeness (QED) is 0.603. The number of aliphatic hydroxyl groups excluding tert-OH is 2. The van der Waals surface area contributed by atoms with Gasteiger partial charge in [-0.1, -0.05) is 56.2 Å². The molecule has 1 heterocycles. The third-order valence-electron chi connectivity index (χ3n) is 6.37. The first kappa shape index (κ1) is 21.4. The molecule has 3 rings (SSSR count). The first-order valence-electron chi connectivity index (χ1n) is 10.6. The van der Waals surface area contributed by atoms with Crippen molar-refractivity contribution in [3.63, 3.8) is 0 Å². The number of nitrogens with zero attached hydrogens (tertiary/aromatic N) is 1. The summed E-state index contributed by atoms with van der Waals surface area (Å²) in [5, 5.41) is 23.1. The van der Waals surface area contributed by atoms with Crippen molar-refractivity contribution in [2.45, 2.75) is 69.9 Å². The minimum Gasteiger partial charge on any atom is -0.394 e. The summed E-state index contributed by atoms with van der Waals surface area (Å²) in [4.78, 5) is 14.7. The second kappa shape index (κ2) is 9.47. The predicted molar refractivity (Wildman–Crippen MR) is 113 cm³/mol. The summed E-state index contributed by atoms with van der Waals surface area (Å²) in [7, 11) is 0. The molecule has 5 nitrogen and oxygen atoms in total.